The number of hydrogen-bond acceptors (Lipinski definition) is 3. The first-order chi connectivity index (χ1) is 7.49. The number of nitrogens with zero attached hydrogens (tertiary/aromatic N) is 1. The molecule has 0 aliphatic carbocycles. The van der Waals surface area contributed by atoms with Crippen LogP contribution in [0.1, 0.15) is 26.7 Å². The van der Waals surface area contributed by atoms with E-state index in [1.807, 2.05) is 13.8 Å². The molecule has 3 atom stereocenters. The first kappa shape index (κ1) is 11.4. The zero-order chi connectivity index (χ0) is 11.9. The van der Waals surface area contributed by atoms with Crippen molar-refractivity contribution in [2.75, 3.05) is 6.54 Å². The normalized spacial score (nSPS) is 34.2. The van der Waals surface area contributed by atoms with Gasteiger partial charge in [-0.3, -0.25) is 9.59 Å². The van der Waals surface area contributed by atoms with E-state index < -0.39 is 18.2 Å². The zero-order valence-electron chi connectivity index (χ0n) is 9.64. The number of nitrogens with one attached hydrogen (secondary N) is 1. The van der Waals surface area contributed by atoms with E-state index in [4.69, 9.17) is 0 Å². The molecule has 2 N–H and O–H groups in total. The Balaban J connectivity index is 2.12. The Bertz CT molecular complexity index is 316. The van der Waals surface area contributed by atoms with Crippen molar-refractivity contribution in [3.05, 3.63) is 0 Å². The number of amides is 2. The smallest absolute Gasteiger partial charge is 0.245 e. The minimum Gasteiger partial charge on any atom is -0.391 e. The lowest BCUT2D eigenvalue weighted by molar-refractivity contribution is -0.147. The van der Waals surface area contributed by atoms with E-state index in [-0.39, 0.29) is 11.8 Å². The summed E-state index contributed by atoms with van der Waals surface area (Å²) in [6, 6.07) is -0.861. The Morgan fingerprint density at radius 3 is 2.81 bits per heavy atom. The quantitative estimate of drug-likeness (QED) is 0.666. The second-order valence-corrected chi connectivity index (χ2v) is 5.09. The molecule has 2 saturated heterocycles. The van der Waals surface area contributed by atoms with Crippen LogP contribution in [0.15, 0.2) is 0 Å². The maximum Gasteiger partial charge on any atom is 0.245 e. The van der Waals surface area contributed by atoms with E-state index in [9.17, 15) is 14.7 Å². The molecule has 2 rings (SSSR count). The number of piperazine rings is 1. The Hall–Kier alpha value is -1.10. The Kier molecular flexibility index (Phi) is 2.88. The highest BCUT2D eigenvalue weighted by Crippen LogP contribution is 2.24. The lowest BCUT2D eigenvalue weighted by Gasteiger charge is -2.35. The average Bonchev–Trinajstić information content (AvgIpc) is 2.56. The minimum atomic E-state index is -0.558. The van der Waals surface area contributed by atoms with Crippen molar-refractivity contribution in [2.45, 2.75) is 44.9 Å². The van der Waals surface area contributed by atoms with Gasteiger partial charge >= 0.3 is 0 Å². The molecule has 0 bridgehead atoms. The van der Waals surface area contributed by atoms with Crippen LogP contribution < -0.4 is 5.32 Å². The van der Waals surface area contributed by atoms with Crippen molar-refractivity contribution in [3.8, 4) is 0 Å². The highest BCUT2D eigenvalue weighted by Gasteiger charge is 2.45. The third kappa shape index (κ3) is 1.91. The summed E-state index contributed by atoms with van der Waals surface area (Å²) in [6.45, 7) is 4.33. The number of rotatable bonds is 2. The first-order valence-electron chi connectivity index (χ1n) is 5.78. The van der Waals surface area contributed by atoms with Crippen LogP contribution in [0.25, 0.3) is 0 Å². The molecule has 0 aromatic carbocycles. The minimum absolute atomic E-state index is 0.0464. The van der Waals surface area contributed by atoms with Crippen LogP contribution in [0.2, 0.25) is 0 Å². The fraction of sp³-hybridized carbons (Fsp3) is 0.818. The Morgan fingerprint density at radius 2 is 2.19 bits per heavy atom. The summed E-state index contributed by atoms with van der Waals surface area (Å²) >= 11 is 0. The number of carbonyl (C=O) groups excluding carboxylic acids is 2. The summed E-state index contributed by atoms with van der Waals surface area (Å²) in [5.74, 6) is 0.190. The first-order valence-corrected chi connectivity index (χ1v) is 5.78. The zero-order valence-corrected chi connectivity index (χ0v) is 9.64. The van der Waals surface area contributed by atoms with Gasteiger partial charge in [0.25, 0.3) is 0 Å². The van der Waals surface area contributed by atoms with E-state index in [2.05, 4.69) is 5.32 Å². The number of aliphatic hydroxyl groups excluding tert-OH is 1. The van der Waals surface area contributed by atoms with Crippen molar-refractivity contribution in [3.63, 3.8) is 0 Å². The van der Waals surface area contributed by atoms with E-state index in [1.54, 1.807) is 0 Å². The molecule has 0 saturated carbocycles. The fourth-order valence-electron chi connectivity index (χ4n) is 2.47. The van der Waals surface area contributed by atoms with Gasteiger partial charge < -0.3 is 15.3 Å². The van der Waals surface area contributed by atoms with Gasteiger partial charge in [0.2, 0.25) is 11.8 Å². The molecule has 2 amide bonds. The van der Waals surface area contributed by atoms with E-state index in [0.717, 1.165) is 0 Å². The molecule has 0 aromatic heterocycles. The third-order valence-electron chi connectivity index (χ3n) is 3.19. The monoisotopic (exact) mass is 226 g/mol. The maximum atomic E-state index is 12.0. The second kappa shape index (κ2) is 4.05. The van der Waals surface area contributed by atoms with Crippen LogP contribution >= 0.6 is 0 Å². The number of fused-ring (bicyclic) bond motifs is 1. The molecule has 2 aliphatic rings. The molecule has 16 heavy (non-hydrogen) atoms. The van der Waals surface area contributed by atoms with Crippen molar-refractivity contribution in [1.29, 1.82) is 0 Å². The van der Waals surface area contributed by atoms with Gasteiger partial charge in [-0.1, -0.05) is 13.8 Å². The van der Waals surface area contributed by atoms with Crippen LogP contribution in [0, 0.1) is 5.92 Å². The number of hydrogen-bond donors (Lipinski definition) is 2. The van der Waals surface area contributed by atoms with Gasteiger partial charge in [-0.15, -0.1) is 0 Å². The summed E-state index contributed by atoms with van der Waals surface area (Å²) in [6.07, 6.45) is 0.466. The number of aliphatic hydroxyl groups is 1. The molecule has 2 heterocycles. The van der Waals surface area contributed by atoms with Gasteiger partial charge in [0.1, 0.15) is 12.1 Å². The van der Waals surface area contributed by atoms with Crippen molar-refractivity contribution < 1.29 is 14.7 Å². The second-order valence-electron chi connectivity index (χ2n) is 5.09. The predicted molar refractivity (Wildman–Crippen MR) is 57.5 cm³/mol. The van der Waals surface area contributed by atoms with Gasteiger partial charge in [0.15, 0.2) is 0 Å². The van der Waals surface area contributed by atoms with Crippen molar-refractivity contribution >= 4 is 11.8 Å². The summed E-state index contributed by atoms with van der Waals surface area (Å²) in [4.78, 5) is 25.3. The average molecular weight is 226 g/mol. The molecule has 0 unspecified atom stereocenters. The molecule has 5 heteroatoms. The van der Waals surface area contributed by atoms with Crippen LogP contribution in [0.4, 0.5) is 0 Å². The van der Waals surface area contributed by atoms with Gasteiger partial charge in [-0.2, -0.15) is 0 Å². The summed E-state index contributed by atoms with van der Waals surface area (Å²) in [5, 5.41) is 12.2. The highest BCUT2D eigenvalue weighted by molar-refractivity contribution is 5.97. The third-order valence-corrected chi connectivity index (χ3v) is 3.19. The standard InChI is InChI=1S/C11H18N2O3/c1-6(2)3-8-11(16)13-5-7(14)4-9(13)10(15)12-8/h6-9,14H,3-5H2,1-2H3,(H,12,15)/t7-,8-,9+/m1/s1. The molecule has 90 valence electrons. The van der Waals surface area contributed by atoms with Crippen LogP contribution in [0.3, 0.4) is 0 Å². The molecule has 5 nitrogen and oxygen atoms in total. The Labute approximate surface area is 94.8 Å². The SMILES string of the molecule is CC(C)C[C@H]1NC(=O)[C@@H]2C[C@@H](O)CN2C1=O. The van der Waals surface area contributed by atoms with Crippen LogP contribution in [0.5, 0.6) is 0 Å². The van der Waals surface area contributed by atoms with Crippen LogP contribution in [-0.4, -0.2) is 46.6 Å². The molecule has 0 aromatic rings. The molecular formula is C11H18N2O3. The van der Waals surface area contributed by atoms with Gasteiger partial charge in [-0.05, 0) is 12.3 Å². The molecule has 2 fully saturated rings. The summed E-state index contributed by atoms with van der Waals surface area (Å²) in [7, 11) is 0. The predicted octanol–water partition coefficient (Wildman–Crippen LogP) is -0.507. The molecular weight excluding hydrogens is 208 g/mol. The number of carbonyl (C=O) groups is 2. The molecule has 0 spiro atoms. The fourth-order valence-corrected chi connectivity index (χ4v) is 2.47. The van der Waals surface area contributed by atoms with Gasteiger partial charge in [0, 0.05) is 13.0 Å². The van der Waals surface area contributed by atoms with E-state index in [0.29, 0.717) is 25.3 Å². The highest BCUT2D eigenvalue weighted by atomic mass is 16.3. The Morgan fingerprint density at radius 1 is 1.50 bits per heavy atom. The van der Waals surface area contributed by atoms with E-state index >= 15 is 0 Å². The molecule has 2 aliphatic heterocycles. The van der Waals surface area contributed by atoms with Gasteiger partial charge in [-0.25, -0.2) is 0 Å². The summed E-state index contributed by atoms with van der Waals surface area (Å²) in [5.41, 5.74) is 0. The molecule has 0 radical (unpaired) electrons. The maximum absolute atomic E-state index is 12.0. The topological polar surface area (TPSA) is 69.6 Å². The van der Waals surface area contributed by atoms with Crippen molar-refractivity contribution in [1.82, 2.24) is 10.2 Å². The van der Waals surface area contributed by atoms with Crippen molar-refractivity contribution in [2.24, 2.45) is 5.92 Å². The van der Waals surface area contributed by atoms with Crippen LogP contribution in [-0.2, 0) is 9.59 Å². The largest absolute Gasteiger partial charge is 0.391 e. The van der Waals surface area contributed by atoms with Gasteiger partial charge in [0.05, 0.1) is 6.10 Å². The lowest BCUT2D eigenvalue weighted by Crippen LogP contribution is -2.61. The van der Waals surface area contributed by atoms with E-state index in [1.165, 1.54) is 4.90 Å². The lowest BCUT2D eigenvalue weighted by atomic mass is 9.99. The summed E-state index contributed by atoms with van der Waals surface area (Å²) < 4.78 is 0.